The first-order valence-electron chi connectivity index (χ1n) is 6.23. The minimum absolute atomic E-state index is 0.0135. The van der Waals surface area contributed by atoms with Gasteiger partial charge in [0.2, 0.25) is 5.78 Å². The van der Waals surface area contributed by atoms with Crippen molar-refractivity contribution in [2.24, 2.45) is 0 Å². The van der Waals surface area contributed by atoms with Crippen LogP contribution in [0, 0.1) is 0 Å². The summed E-state index contributed by atoms with van der Waals surface area (Å²) in [5.41, 5.74) is 1.30. The molecule has 0 aliphatic carbocycles. The van der Waals surface area contributed by atoms with Crippen molar-refractivity contribution in [1.29, 1.82) is 0 Å². The van der Waals surface area contributed by atoms with Crippen LogP contribution in [-0.2, 0) is 6.61 Å². The minimum atomic E-state index is -0.145. The zero-order chi connectivity index (χ0) is 14.4. The number of para-hydroxylation sites is 1. The normalized spacial score (nSPS) is 10.1. The van der Waals surface area contributed by atoms with Crippen LogP contribution < -0.4 is 9.47 Å². The van der Waals surface area contributed by atoms with Crippen molar-refractivity contribution in [3.8, 4) is 11.5 Å². The molecule has 0 atom stereocenters. The summed E-state index contributed by atoms with van der Waals surface area (Å²) < 4.78 is 10.6. The molecule has 0 amide bonds. The van der Waals surface area contributed by atoms with Crippen molar-refractivity contribution in [1.82, 2.24) is 0 Å². The maximum atomic E-state index is 12.1. The maximum Gasteiger partial charge on any atom is 0.203 e. The molecule has 2 aromatic carbocycles. The fraction of sp³-hybridized carbons (Fsp3) is 0.188. The Morgan fingerprint density at radius 1 is 1.10 bits per heavy atom. The van der Waals surface area contributed by atoms with Gasteiger partial charge >= 0.3 is 0 Å². The highest BCUT2D eigenvalue weighted by Crippen LogP contribution is 2.19. The first-order valence-corrected chi connectivity index (χ1v) is 6.23. The van der Waals surface area contributed by atoms with Crippen LogP contribution in [0.4, 0.5) is 0 Å². The number of Topliss-reactive ketones (excluding diaryl/α,β-unsaturated/α-hetero) is 1. The number of carbonyl (C=O) groups excluding carboxylic acids is 1. The smallest absolute Gasteiger partial charge is 0.203 e. The SMILES string of the molecule is COc1ccccc1C(=O)COc1ccc(CO)cc1. The molecular weight excluding hydrogens is 256 g/mol. The van der Waals surface area contributed by atoms with Crippen LogP contribution >= 0.6 is 0 Å². The average Bonchev–Trinajstić information content (AvgIpc) is 2.53. The van der Waals surface area contributed by atoms with Gasteiger partial charge in [-0.25, -0.2) is 0 Å². The zero-order valence-corrected chi connectivity index (χ0v) is 11.2. The van der Waals surface area contributed by atoms with E-state index in [1.54, 1.807) is 42.5 Å². The molecular formula is C16H16O4. The van der Waals surface area contributed by atoms with E-state index in [1.807, 2.05) is 6.07 Å². The molecule has 0 bridgehead atoms. The van der Waals surface area contributed by atoms with Crippen molar-refractivity contribution < 1.29 is 19.4 Å². The van der Waals surface area contributed by atoms with Crippen LogP contribution in [0.5, 0.6) is 11.5 Å². The van der Waals surface area contributed by atoms with Crippen molar-refractivity contribution in [2.45, 2.75) is 6.61 Å². The molecule has 1 N–H and O–H groups in total. The topological polar surface area (TPSA) is 55.8 Å². The van der Waals surface area contributed by atoms with Gasteiger partial charge in [0.25, 0.3) is 0 Å². The number of ketones is 1. The zero-order valence-electron chi connectivity index (χ0n) is 11.2. The van der Waals surface area contributed by atoms with Gasteiger partial charge < -0.3 is 14.6 Å². The number of methoxy groups -OCH3 is 1. The summed E-state index contributed by atoms with van der Waals surface area (Å²) in [4.78, 5) is 12.1. The van der Waals surface area contributed by atoms with Crippen LogP contribution in [0.15, 0.2) is 48.5 Å². The van der Waals surface area contributed by atoms with Gasteiger partial charge in [-0.1, -0.05) is 24.3 Å². The average molecular weight is 272 g/mol. The number of aliphatic hydroxyl groups is 1. The molecule has 0 radical (unpaired) electrons. The van der Waals surface area contributed by atoms with E-state index in [2.05, 4.69) is 0 Å². The number of aliphatic hydroxyl groups excluding tert-OH is 1. The summed E-state index contributed by atoms with van der Waals surface area (Å²) in [6.07, 6.45) is 0. The van der Waals surface area contributed by atoms with E-state index in [-0.39, 0.29) is 19.0 Å². The number of carbonyl (C=O) groups is 1. The molecule has 0 saturated carbocycles. The molecule has 20 heavy (non-hydrogen) atoms. The Morgan fingerprint density at radius 3 is 2.45 bits per heavy atom. The predicted molar refractivity (Wildman–Crippen MR) is 75.2 cm³/mol. The second-order valence-electron chi connectivity index (χ2n) is 4.21. The molecule has 0 aliphatic rings. The van der Waals surface area contributed by atoms with Gasteiger partial charge in [-0.15, -0.1) is 0 Å². The van der Waals surface area contributed by atoms with Gasteiger partial charge in [0.15, 0.2) is 6.61 Å². The largest absolute Gasteiger partial charge is 0.496 e. The molecule has 4 nitrogen and oxygen atoms in total. The lowest BCUT2D eigenvalue weighted by Crippen LogP contribution is -2.12. The molecule has 0 unspecified atom stereocenters. The standard InChI is InChI=1S/C16H16O4/c1-19-16-5-3-2-4-14(16)15(18)11-20-13-8-6-12(10-17)7-9-13/h2-9,17H,10-11H2,1H3. The Labute approximate surface area is 117 Å². The summed E-state index contributed by atoms with van der Waals surface area (Å²) in [6.45, 7) is -0.0702. The number of ether oxygens (including phenoxy) is 2. The molecule has 0 aromatic heterocycles. The highest BCUT2D eigenvalue weighted by atomic mass is 16.5. The van der Waals surface area contributed by atoms with Gasteiger partial charge in [0, 0.05) is 0 Å². The van der Waals surface area contributed by atoms with Crippen molar-refractivity contribution in [3.63, 3.8) is 0 Å². The molecule has 0 aliphatic heterocycles. The number of benzene rings is 2. The van der Waals surface area contributed by atoms with Crippen LogP contribution in [0.25, 0.3) is 0 Å². The summed E-state index contributed by atoms with van der Waals surface area (Å²) in [5, 5.41) is 8.94. The summed E-state index contributed by atoms with van der Waals surface area (Å²) in [7, 11) is 1.53. The fourth-order valence-corrected chi connectivity index (χ4v) is 1.79. The fourth-order valence-electron chi connectivity index (χ4n) is 1.79. The van der Waals surface area contributed by atoms with E-state index in [0.29, 0.717) is 17.1 Å². The summed E-state index contributed by atoms with van der Waals surface area (Å²) in [5.74, 6) is 0.982. The van der Waals surface area contributed by atoms with Gasteiger partial charge in [0.05, 0.1) is 19.3 Å². The first kappa shape index (κ1) is 14.1. The third kappa shape index (κ3) is 3.36. The Morgan fingerprint density at radius 2 is 1.80 bits per heavy atom. The Kier molecular flexibility index (Phi) is 4.74. The number of hydrogen-bond acceptors (Lipinski definition) is 4. The van der Waals surface area contributed by atoms with Crippen LogP contribution in [-0.4, -0.2) is 24.6 Å². The van der Waals surface area contributed by atoms with Gasteiger partial charge in [-0.2, -0.15) is 0 Å². The Hall–Kier alpha value is -2.33. The van der Waals surface area contributed by atoms with Crippen LogP contribution in [0.1, 0.15) is 15.9 Å². The van der Waals surface area contributed by atoms with Crippen molar-refractivity contribution in [3.05, 3.63) is 59.7 Å². The third-order valence-corrected chi connectivity index (χ3v) is 2.88. The molecule has 0 heterocycles. The lowest BCUT2D eigenvalue weighted by atomic mass is 10.1. The van der Waals surface area contributed by atoms with E-state index in [4.69, 9.17) is 14.6 Å². The molecule has 0 saturated heterocycles. The van der Waals surface area contributed by atoms with Crippen molar-refractivity contribution >= 4 is 5.78 Å². The third-order valence-electron chi connectivity index (χ3n) is 2.88. The Bertz CT molecular complexity index is 575. The second kappa shape index (κ2) is 6.73. The number of hydrogen-bond donors (Lipinski definition) is 1. The van der Waals surface area contributed by atoms with E-state index >= 15 is 0 Å². The van der Waals surface area contributed by atoms with Crippen LogP contribution in [0.3, 0.4) is 0 Å². The minimum Gasteiger partial charge on any atom is -0.496 e. The molecule has 0 spiro atoms. The predicted octanol–water partition coefficient (Wildman–Crippen LogP) is 2.45. The van der Waals surface area contributed by atoms with Crippen molar-refractivity contribution in [2.75, 3.05) is 13.7 Å². The van der Waals surface area contributed by atoms with Crippen LogP contribution in [0.2, 0.25) is 0 Å². The molecule has 2 rings (SSSR count). The highest BCUT2D eigenvalue weighted by molar-refractivity contribution is 5.99. The van der Waals surface area contributed by atoms with Gasteiger partial charge in [0.1, 0.15) is 11.5 Å². The van der Waals surface area contributed by atoms with Gasteiger partial charge in [-0.3, -0.25) is 4.79 Å². The van der Waals surface area contributed by atoms with E-state index in [1.165, 1.54) is 7.11 Å². The molecule has 0 fully saturated rings. The number of rotatable bonds is 6. The van der Waals surface area contributed by atoms with E-state index in [0.717, 1.165) is 5.56 Å². The van der Waals surface area contributed by atoms with E-state index in [9.17, 15) is 4.79 Å². The van der Waals surface area contributed by atoms with Gasteiger partial charge in [-0.05, 0) is 29.8 Å². The van der Waals surface area contributed by atoms with E-state index < -0.39 is 0 Å². The lowest BCUT2D eigenvalue weighted by molar-refractivity contribution is 0.0918. The molecule has 104 valence electrons. The summed E-state index contributed by atoms with van der Waals surface area (Å²) >= 11 is 0. The maximum absolute atomic E-state index is 12.1. The monoisotopic (exact) mass is 272 g/mol. The second-order valence-corrected chi connectivity index (χ2v) is 4.21. The summed E-state index contributed by atoms with van der Waals surface area (Å²) in [6, 6.07) is 14.0. The highest BCUT2D eigenvalue weighted by Gasteiger charge is 2.12. The molecule has 4 heteroatoms. The lowest BCUT2D eigenvalue weighted by Gasteiger charge is -2.09. The quantitative estimate of drug-likeness (QED) is 0.821. The first-order chi connectivity index (χ1) is 9.74. The Balaban J connectivity index is 2.01. The molecule has 2 aromatic rings.